The second-order valence-corrected chi connectivity index (χ2v) is 17.5. The third kappa shape index (κ3) is 5.12. The smallest absolute Gasteiger partial charge is 0.330 e. The first-order valence-corrected chi connectivity index (χ1v) is 18.4. The van der Waals surface area contributed by atoms with E-state index in [1.807, 2.05) is 6.92 Å². The van der Waals surface area contributed by atoms with Gasteiger partial charge in [0, 0.05) is 17.4 Å². The molecule has 8 nitrogen and oxygen atoms in total. The van der Waals surface area contributed by atoms with Gasteiger partial charge in [-0.15, -0.1) is 0 Å². The van der Waals surface area contributed by atoms with Crippen LogP contribution in [0.15, 0.2) is 35.9 Å². The Morgan fingerprint density at radius 3 is 2.39 bits per heavy atom. The van der Waals surface area contributed by atoms with Crippen molar-refractivity contribution in [1.29, 1.82) is 0 Å². The molecule has 4 fully saturated rings. The zero-order chi connectivity index (χ0) is 35.8. The monoisotopic (exact) mass is 678 g/mol. The predicted octanol–water partition coefficient (Wildman–Crippen LogP) is 7.24. The van der Waals surface area contributed by atoms with E-state index in [2.05, 4.69) is 40.7 Å². The molecule has 0 amide bonds. The summed E-state index contributed by atoms with van der Waals surface area (Å²) in [6, 6.07) is 4.89. The molecule has 1 aromatic rings. The van der Waals surface area contributed by atoms with E-state index < -0.39 is 28.3 Å². The molecule has 0 unspecified atom stereocenters. The summed E-state index contributed by atoms with van der Waals surface area (Å²) in [7, 11) is 2.93. The minimum absolute atomic E-state index is 0.0215. The number of phenolic OH excluding ortho intramolecular Hbond substituents is 1. The number of carbonyl (C=O) groups excluding carboxylic acids is 2. The minimum atomic E-state index is -1.16. The lowest BCUT2D eigenvalue weighted by Gasteiger charge is -2.72. The van der Waals surface area contributed by atoms with Crippen LogP contribution in [0.4, 0.5) is 0 Å². The molecular formula is C41H58O8. The summed E-state index contributed by atoms with van der Waals surface area (Å²) < 4.78 is 17.0. The van der Waals surface area contributed by atoms with Gasteiger partial charge in [0.1, 0.15) is 6.61 Å². The van der Waals surface area contributed by atoms with Gasteiger partial charge in [-0.1, -0.05) is 52.3 Å². The van der Waals surface area contributed by atoms with Gasteiger partial charge in [-0.25, -0.2) is 4.79 Å². The van der Waals surface area contributed by atoms with Crippen molar-refractivity contribution < 1.29 is 39.1 Å². The number of carbonyl (C=O) groups is 2. The number of hydrogen-bond acceptors (Lipinski definition) is 8. The van der Waals surface area contributed by atoms with E-state index >= 15 is 0 Å². The highest BCUT2D eigenvalue weighted by molar-refractivity contribution is 5.87. The molecule has 0 bridgehead atoms. The maximum Gasteiger partial charge on any atom is 0.330 e. The fourth-order valence-electron chi connectivity index (χ4n) is 12.4. The summed E-state index contributed by atoms with van der Waals surface area (Å²) in [5.74, 6) is -0.264. The third-order valence-corrected chi connectivity index (χ3v) is 15.4. The van der Waals surface area contributed by atoms with E-state index in [0.717, 1.165) is 44.1 Å². The number of methoxy groups -OCH3 is 2. The number of benzene rings is 1. The van der Waals surface area contributed by atoms with Crippen molar-refractivity contribution in [3.8, 4) is 11.5 Å². The highest BCUT2D eigenvalue weighted by Gasteiger charge is 2.73. The Bertz CT molecular complexity index is 1540. The summed E-state index contributed by atoms with van der Waals surface area (Å²) in [5, 5.41) is 33.6. The molecule has 1 aromatic carbocycles. The second-order valence-electron chi connectivity index (χ2n) is 17.5. The average molecular weight is 679 g/mol. The van der Waals surface area contributed by atoms with Crippen LogP contribution in [0.3, 0.4) is 0 Å². The Kier molecular flexibility index (Phi) is 8.91. The maximum atomic E-state index is 13.8. The van der Waals surface area contributed by atoms with Gasteiger partial charge < -0.3 is 29.5 Å². The van der Waals surface area contributed by atoms with Crippen LogP contribution in [0.25, 0.3) is 6.08 Å². The Hall–Kier alpha value is -2.84. The number of esters is 2. The maximum absolute atomic E-state index is 13.8. The molecule has 5 aliphatic rings. The molecule has 0 radical (unpaired) electrons. The fraction of sp³-hybridized carbons (Fsp3) is 0.707. The lowest BCUT2D eigenvalue weighted by atomic mass is 9.33. The van der Waals surface area contributed by atoms with Crippen LogP contribution >= 0.6 is 0 Å². The molecule has 4 saturated carbocycles. The molecule has 0 aliphatic heterocycles. The summed E-state index contributed by atoms with van der Waals surface area (Å²) >= 11 is 0. The number of aliphatic hydroxyl groups is 2. The highest BCUT2D eigenvalue weighted by atomic mass is 16.5. The molecule has 8 heteroatoms. The van der Waals surface area contributed by atoms with Crippen LogP contribution in [-0.2, 0) is 19.1 Å². The normalized spacial score (nSPS) is 42.5. The Labute approximate surface area is 292 Å². The first kappa shape index (κ1) is 36.0. The molecule has 10 atom stereocenters. The van der Waals surface area contributed by atoms with Gasteiger partial charge in [0.05, 0.1) is 31.3 Å². The molecule has 0 saturated heterocycles. The largest absolute Gasteiger partial charge is 0.504 e. The number of ether oxygens (including phenoxy) is 3. The van der Waals surface area contributed by atoms with Gasteiger partial charge in [0.15, 0.2) is 11.5 Å². The van der Waals surface area contributed by atoms with Crippen LogP contribution in [0.2, 0.25) is 0 Å². The van der Waals surface area contributed by atoms with Crippen LogP contribution in [0, 0.1) is 50.7 Å². The Morgan fingerprint density at radius 1 is 0.959 bits per heavy atom. The van der Waals surface area contributed by atoms with Crippen molar-refractivity contribution in [2.45, 2.75) is 111 Å². The van der Waals surface area contributed by atoms with Crippen LogP contribution in [0.1, 0.15) is 105 Å². The van der Waals surface area contributed by atoms with Gasteiger partial charge in [-0.05, 0) is 122 Å². The van der Waals surface area contributed by atoms with E-state index in [1.54, 1.807) is 18.2 Å². The van der Waals surface area contributed by atoms with Gasteiger partial charge in [0.25, 0.3) is 0 Å². The van der Waals surface area contributed by atoms with Crippen molar-refractivity contribution in [2.24, 2.45) is 50.7 Å². The zero-order valence-electron chi connectivity index (χ0n) is 30.8. The van der Waals surface area contributed by atoms with Crippen LogP contribution in [0.5, 0.6) is 11.5 Å². The minimum Gasteiger partial charge on any atom is -0.504 e. The summed E-state index contributed by atoms with van der Waals surface area (Å²) in [6.07, 6.45) is 12.0. The molecular weight excluding hydrogens is 620 g/mol. The van der Waals surface area contributed by atoms with E-state index in [1.165, 1.54) is 26.4 Å². The van der Waals surface area contributed by atoms with E-state index in [0.29, 0.717) is 36.5 Å². The Morgan fingerprint density at radius 2 is 1.69 bits per heavy atom. The summed E-state index contributed by atoms with van der Waals surface area (Å²) in [4.78, 5) is 27.4. The van der Waals surface area contributed by atoms with Crippen LogP contribution < -0.4 is 4.74 Å². The quantitative estimate of drug-likeness (QED) is 0.164. The van der Waals surface area contributed by atoms with E-state index in [9.17, 15) is 24.9 Å². The molecule has 5 aliphatic carbocycles. The predicted molar refractivity (Wildman–Crippen MR) is 187 cm³/mol. The molecule has 0 aromatic heterocycles. The first-order chi connectivity index (χ1) is 22.9. The topological polar surface area (TPSA) is 123 Å². The zero-order valence-corrected chi connectivity index (χ0v) is 30.8. The van der Waals surface area contributed by atoms with Crippen molar-refractivity contribution in [3.05, 3.63) is 41.5 Å². The van der Waals surface area contributed by atoms with Crippen LogP contribution in [-0.4, -0.2) is 59.8 Å². The number of allylic oxidation sites excluding steroid dienone is 1. The number of aliphatic hydroxyl groups excluding tert-OH is 1. The lowest BCUT2D eigenvalue weighted by molar-refractivity contribution is -0.228. The standard InChI is InChI=1S/C41H58O8/c1-25-15-20-40(35(45)48-8)21-22-41(24-49-33(44)14-10-26-9-12-28(42)29(23-26)47-7)27(34(40)39(25,6)46)11-13-31-37(4)18-17-32(43)36(2,3)30(37)16-19-38(31,41)5/h9-12,14,23,25,30-32,34,42-43,46H,13,15-22,24H2,1-8H3/b14-10+/t25-,30+,31-,32+,34-,37+,38-,39-,40+,41+/m1/s1. The molecule has 0 heterocycles. The number of phenols is 1. The van der Waals surface area contributed by atoms with Gasteiger partial charge in [0.2, 0.25) is 0 Å². The number of aromatic hydroxyl groups is 1. The van der Waals surface area contributed by atoms with Gasteiger partial charge in [-0.2, -0.15) is 0 Å². The van der Waals surface area contributed by atoms with Crippen molar-refractivity contribution in [2.75, 3.05) is 20.8 Å². The molecule has 0 spiro atoms. The van der Waals surface area contributed by atoms with Crippen molar-refractivity contribution >= 4 is 18.0 Å². The van der Waals surface area contributed by atoms with E-state index in [-0.39, 0.29) is 52.5 Å². The molecule has 270 valence electrons. The van der Waals surface area contributed by atoms with Gasteiger partial charge >= 0.3 is 11.9 Å². The number of hydrogen-bond donors (Lipinski definition) is 3. The summed E-state index contributed by atoms with van der Waals surface area (Å²) in [6.45, 7) is 13.4. The Balaban J connectivity index is 1.44. The number of rotatable bonds is 6. The third-order valence-electron chi connectivity index (χ3n) is 15.4. The SMILES string of the molecule is COC(=O)[C@]12CC[C@@H](C)[C@@](C)(O)[C@H]1C1=CC[C@@H]3[C@@]4(C)CC[C@H](O)C(C)(C)[C@@H]4CC[C@@]3(C)[C@]1(COC(=O)/C=C/c1ccc(O)c(OC)c1)CC2. The van der Waals surface area contributed by atoms with Crippen molar-refractivity contribution in [1.82, 2.24) is 0 Å². The average Bonchev–Trinajstić information content (AvgIpc) is 3.06. The fourth-order valence-corrected chi connectivity index (χ4v) is 12.4. The first-order valence-electron chi connectivity index (χ1n) is 18.4. The molecule has 6 rings (SSSR count). The van der Waals surface area contributed by atoms with E-state index in [4.69, 9.17) is 14.2 Å². The second kappa shape index (κ2) is 12.1. The molecule has 49 heavy (non-hydrogen) atoms. The van der Waals surface area contributed by atoms with Crippen molar-refractivity contribution in [3.63, 3.8) is 0 Å². The highest BCUT2D eigenvalue weighted by Crippen LogP contribution is 2.76. The van der Waals surface area contributed by atoms with Gasteiger partial charge in [-0.3, -0.25) is 4.79 Å². The summed E-state index contributed by atoms with van der Waals surface area (Å²) in [5.41, 5.74) is -1.38. The molecule has 3 N–H and O–H groups in total. The lowest BCUT2D eigenvalue weighted by Crippen LogP contribution is -2.69. The number of fused-ring (bicyclic) bond motifs is 7.